The molecule has 33 heavy (non-hydrogen) atoms. The number of nitrogens with one attached hydrogen (secondary N) is 1. The van der Waals surface area contributed by atoms with Gasteiger partial charge in [0, 0.05) is 38.5 Å². The summed E-state index contributed by atoms with van der Waals surface area (Å²) in [7, 11) is -7.29. The van der Waals surface area contributed by atoms with E-state index in [-0.39, 0.29) is 22.4 Å². The normalized spacial score (nSPS) is 17.1. The van der Waals surface area contributed by atoms with Crippen LogP contribution in [0.2, 0.25) is 10.0 Å². The minimum atomic E-state index is -3.87. The number of benzene rings is 2. The summed E-state index contributed by atoms with van der Waals surface area (Å²) in [6.45, 7) is 1.55. The van der Waals surface area contributed by atoms with Crippen LogP contribution < -0.4 is 9.46 Å². The van der Waals surface area contributed by atoms with Crippen LogP contribution in [-0.2, 0) is 19.9 Å². The number of piperidine rings is 1. The molecule has 1 saturated heterocycles. The number of halogens is 2. The average molecular weight is 537 g/mol. The SMILES string of the molecule is CS(=O)(=O)c1ccc(S(=O)(=O)NC[C@H](O)CN2CCC(Oc3ccc(Cl)c(Cl)c3)CC2)cc1. The fourth-order valence-electron chi connectivity index (χ4n) is 3.47. The number of rotatable bonds is 9. The molecule has 1 aliphatic heterocycles. The molecule has 0 saturated carbocycles. The lowest BCUT2D eigenvalue weighted by molar-refractivity contribution is 0.0630. The molecule has 0 spiro atoms. The number of likely N-dealkylation sites (tertiary alicyclic amines) is 1. The van der Waals surface area contributed by atoms with Crippen LogP contribution in [0.3, 0.4) is 0 Å². The van der Waals surface area contributed by atoms with Gasteiger partial charge in [0.2, 0.25) is 10.0 Å². The van der Waals surface area contributed by atoms with Crippen molar-refractivity contribution in [3.63, 3.8) is 0 Å². The Kier molecular flexibility index (Phi) is 8.66. The van der Waals surface area contributed by atoms with Gasteiger partial charge in [-0.15, -0.1) is 0 Å². The van der Waals surface area contributed by atoms with Crippen molar-refractivity contribution in [2.75, 3.05) is 32.4 Å². The zero-order valence-corrected chi connectivity index (χ0v) is 21.1. The van der Waals surface area contributed by atoms with Gasteiger partial charge in [-0.2, -0.15) is 0 Å². The molecule has 3 rings (SSSR count). The van der Waals surface area contributed by atoms with E-state index in [1.807, 2.05) is 0 Å². The number of nitrogens with zero attached hydrogens (tertiary/aromatic N) is 1. The highest BCUT2D eigenvalue weighted by Gasteiger charge is 2.23. The molecule has 2 N–H and O–H groups in total. The molecule has 0 unspecified atom stereocenters. The highest BCUT2D eigenvalue weighted by Crippen LogP contribution is 2.28. The summed E-state index contributed by atoms with van der Waals surface area (Å²) in [5.74, 6) is 0.655. The Hall–Kier alpha value is -1.40. The number of sulfonamides is 1. The predicted octanol–water partition coefficient (Wildman–Crippen LogP) is 2.58. The van der Waals surface area contributed by atoms with Gasteiger partial charge in [-0.05, 0) is 49.2 Å². The van der Waals surface area contributed by atoms with E-state index in [9.17, 15) is 21.9 Å². The van der Waals surface area contributed by atoms with Crippen LogP contribution in [-0.4, -0.2) is 71.5 Å². The summed E-state index contributed by atoms with van der Waals surface area (Å²) in [4.78, 5) is 2.02. The van der Waals surface area contributed by atoms with Crippen LogP contribution in [0.25, 0.3) is 0 Å². The predicted molar refractivity (Wildman–Crippen MR) is 127 cm³/mol. The van der Waals surface area contributed by atoms with Crippen molar-refractivity contribution in [2.45, 2.75) is 34.8 Å². The first-order chi connectivity index (χ1) is 15.4. The topological polar surface area (TPSA) is 113 Å². The first-order valence-electron chi connectivity index (χ1n) is 10.3. The molecule has 1 aliphatic rings. The Labute approximate surface area is 204 Å². The monoisotopic (exact) mass is 536 g/mol. The summed E-state index contributed by atoms with van der Waals surface area (Å²) in [6, 6.07) is 10.1. The number of ether oxygens (including phenoxy) is 1. The van der Waals surface area contributed by atoms with Crippen molar-refractivity contribution >= 4 is 43.1 Å². The van der Waals surface area contributed by atoms with Gasteiger partial charge in [0.1, 0.15) is 11.9 Å². The van der Waals surface area contributed by atoms with E-state index < -0.39 is 26.0 Å². The average Bonchev–Trinajstić information content (AvgIpc) is 2.76. The third kappa shape index (κ3) is 7.54. The molecule has 2 aromatic carbocycles. The first-order valence-corrected chi connectivity index (χ1v) is 14.4. The number of sulfone groups is 1. The molecule has 1 fully saturated rings. The summed E-state index contributed by atoms with van der Waals surface area (Å²) in [5.41, 5.74) is 0. The van der Waals surface area contributed by atoms with Crippen molar-refractivity contribution in [3.8, 4) is 5.75 Å². The molecule has 8 nitrogen and oxygen atoms in total. The molecule has 0 bridgehead atoms. The summed E-state index contributed by atoms with van der Waals surface area (Å²) < 4.78 is 56.2. The van der Waals surface area contributed by atoms with Crippen molar-refractivity contribution in [3.05, 3.63) is 52.5 Å². The van der Waals surface area contributed by atoms with E-state index in [2.05, 4.69) is 9.62 Å². The van der Waals surface area contributed by atoms with Gasteiger partial charge in [-0.25, -0.2) is 21.6 Å². The molecule has 0 amide bonds. The van der Waals surface area contributed by atoms with E-state index in [1.165, 1.54) is 24.3 Å². The first kappa shape index (κ1) is 26.2. The van der Waals surface area contributed by atoms with Gasteiger partial charge >= 0.3 is 0 Å². The summed E-state index contributed by atoms with van der Waals surface area (Å²) >= 11 is 11.9. The van der Waals surface area contributed by atoms with Crippen LogP contribution in [0.1, 0.15) is 12.8 Å². The molecular weight excluding hydrogens is 511 g/mol. The minimum Gasteiger partial charge on any atom is -0.490 e. The lowest BCUT2D eigenvalue weighted by Gasteiger charge is -2.33. The molecule has 2 aromatic rings. The van der Waals surface area contributed by atoms with Gasteiger partial charge < -0.3 is 14.7 Å². The van der Waals surface area contributed by atoms with E-state index in [4.69, 9.17) is 27.9 Å². The molecule has 0 aromatic heterocycles. The third-order valence-electron chi connectivity index (χ3n) is 5.27. The zero-order chi connectivity index (χ0) is 24.2. The standard InChI is InChI=1S/C21H26Cl2N2O6S2/c1-32(27,28)18-3-5-19(6-4-18)33(29,30)24-13-15(26)14-25-10-8-16(9-11-25)31-17-2-7-20(22)21(23)12-17/h2-7,12,15-16,24,26H,8-11,13-14H2,1H3/t15-/m0/s1. The van der Waals surface area contributed by atoms with E-state index in [1.54, 1.807) is 18.2 Å². The van der Waals surface area contributed by atoms with E-state index in [0.717, 1.165) is 19.1 Å². The van der Waals surface area contributed by atoms with Crippen LogP contribution >= 0.6 is 23.2 Å². The Morgan fingerprint density at radius 3 is 2.21 bits per heavy atom. The number of hydrogen-bond donors (Lipinski definition) is 2. The van der Waals surface area contributed by atoms with Crippen molar-refractivity contribution in [1.82, 2.24) is 9.62 Å². The maximum atomic E-state index is 12.4. The number of hydrogen-bond acceptors (Lipinski definition) is 7. The third-order valence-corrected chi connectivity index (χ3v) is 8.58. The summed E-state index contributed by atoms with van der Waals surface area (Å²) in [5, 5.41) is 11.2. The quantitative estimate of drug-likeness (QED) is 0.506. The van der Waals surface area contributed by atoms with E-state index in [0.29, 0.717) is 35.4 Å². The molecule has 0 aliphatic carbocycles. The number of aliphatic hydroxyl groups excluding tert-OH is 1. The molecular formula is C21H26Cl2N2O6S2. The second-order valence-electron chi connectivity index (χ2n) is 7.94. The molecule has 182 valence electrons. The van der Waals surface area contributed by atoms with Crippen molar-refractivity contribution in [1.29, 1.82) is 0 Å². The maximum Gasteiger partial charge on any atom is 0.240 e. The Morgan fingerprint density at radius 2 is 1.64 bits per heavy atom. The molecule has 12 heteroatoms. The van der Waals surface area contributed by atoms with Crippen molar-refractivity contribution < 1.29 is 26.7 Å². The Morgan fingerprint density at radius 1 is 1.03 bits per heavy atom. The number of aliphatic hydroxyl groups is 1. The smallest absolute Gasteiger partial charge is 0.240 e. The fourth-order valence-corrected chi connectivity index (χ4v) is 5.46. The second kappa shape index (κ2) is 10.9. The summed E-state index contributed by atoms with van der Waals surface area (Å²) in [6.07, 6.45) is 1.68. The zero-order valence-electron chi connectivity index (χ0n) is 17.9. The van der Waals surface area contributed by atoms with Gasteiger partial charge in [0.25, 0.3) is 0 Å². The van der Waals surface area contributed by atoms with Crippen LogP contribution in [0.5, 0.6) is 5.75 Å². The van der Waals surface area contributed by atoms with Gasteiger partial charge in [-0.3, -0.25) is 0 Å². The van der Waals surface area contributed by atoms with Gasteiger partial charge in [-0.1, -0.05) is 23.2 Å². The van der Waals surface area contributed by atoms with Gasteiger partial charge in [0.05, 0.1) is 25.9 Å². The van der Waals surface area contributed by atoms with Crippen LogP contribution in [0.15, 0.2) is 52.3 Å². The maximum absolute atomic E-state index is 12.4. The highest BCUT2D eigenvalue weighted by atomic mass is 35.5. The van der Waals surface area contributed by atoms with Crippen molar-refractivity contribution in [2.24, 2.45) is 0 Å². The van der Waals surface area contributed by atoms with Crippen LogP contribution in [0, 0.1) is 0 Å². The lowest BCUT2D eigenvalue weighted by atomic mass is 10.1. The Bertz CT molecular complexity index is 1170. The highest BCUT2D eigenvalue weighted by molar-refractivity contribution is 7.90. The lowest BCUT2D eigenvalue weighted by Crippen LogP contribution is -2.45. The molecule has 1 heterocycles. The minimum absolute atomic E-state index is 0.0176. The number of β-amino-alcohol motifs (C(OH)–C–C–N with tert-alkyl or cyclic N) is 1. The fraction of sp³-hybridized carbons (Fsp3) is 0.429. The Balaban J connectivity index is 1.44. The molecule has 0 radical (unpaired) electrons. The van der Waals surface area contributed by atoms with E-state index >= 15 is 0 Å². The largest absolute Gasteiger partial charge is 0.490 e. The van der Waals surface area contributed by atoms with Gasteiger partial charge in [0.15, 0.2) is 9.84 Å². The van der Waals surface area contributed by atoms with Crippen LogP contribution in [0.4, 0.5) is 0 Å². The second-order valence-corrected chi connectivity index (χ2v) is 12.5. The molecule has 1 atom stereocenters.